The fourth-order valence-corrected chi connectivity index (χ4v) is 11.7. The second-order valence-corrected chi connectivity index (χ2v) is 30.3. The van der Waals surface area contributed by atoms with Crippen molar-refractivity contribution in [2.45, 2.75) is 25.8 Å². The van der Waals surface area contributed by atoms with E-state index in [4.69, 9.17) is 171 Å². The second kappa shape index (κ2) is 105. The number of benzene rings is 3. The van der Waals surface area contributed by atoms with E-state index in [0.717, 1.165) is 22.4 Å². The average molecular weight is 2110 g/mol. The van der Waals surface area contributed by atoms with Crippen LogP contribution in [0.4, 0.5) is 23.2 Å². The van der Waals surface area contributed by atoms with Crippen molar-refractivity contribution in [3.05, 3.63) is 94.6 Å². The molecule has 1 aliphatic rings. The van der Waals surface area contributed by atoms with Crippen LogP contribution < -0.4 is 15.0 Å². The van der Waals surface area contributed by atoms with E-state index in [-0.39, 0.29) is 57.1 Å². The zero-order valence-corrected chi connectivity index (χ0v) is 85.4. The lowest BCUT2D eigenvalue weighted by Crippen LogP contribution is -2.34. The Balaban J connectivity index is 0.675. The molecule has 0 saturated heterocycles. The third-order valence-corrected chi connectivity index (χ3v) is 19.1. The Kier molecular flexibility index (Phi) is 94.7. The number of rotatable bonds is 115. The predicted molar refractivity (Wildman–Crippen MR) is 518 cm³/mol. The first-order valence-electron chi connectivity index (χ1n) is 50.3. The van der Waals surface area contributed by atoms with Crippen LogP contribution in [0.1, 0.15) is 36.0 Å². The number of nitrogens with zero attached hydrogens (tertiary/aromatic N) is 1. The summed E-state index contributed by atoms with van der Waals surface area (Å²) < 4.78 is 257. The van der Waals surface area contributed by atoms with Crippen molar-refractivity contribution in [1.29, 1.82) is 0 Å². The number of hydrogen-bond donors (Lipinski definition) is 1. The molecule has 3 aromatic rings. The summed E-state index contributed by atoms with van der Waals surface area (Å²) in [6.07, 6.45) is -0.257. The number of anilines is 1. The van der Waals surface area contributed by atoms with E-state index >= 15 is 0 Å². The molecule has 0 spiro atoms. The van der Waals surface area contributed by atoms with E-state index in [0.29, 0.717) is 462 Å². The van der Waals surface area contributed by atoms with Crippen molar-refractivity contribution >= 4 is 23.5 Å². The first-order valence-corrected chi connectivity index (χ1v) is 50.3. The molecule has 0 aromatic heterocycles. The minimum Gasteiger partial charge on any atom is -0.420 e. The Hall–Kier alpha value is -6.09. The van der Waals surface area contributed by atoms with Gasteiger partial charge in [-0.25, -0.2) is 8.78 Å². The fourth-order valence-electron chi connectivity index (χ4n) is 11.7. The normalized spacial score (nSPS) is 11.9. The molecule has 42 nitrogen and oxygen atoms in total. The molecule has 0 unspecified atom stereocenters. The number of nitrogens with one attached hydrogen (secondary N) is 1. The summed E-state index contributed by atoms with van der Waals surface area (Å²) in [7, 11) is 0. The predicted octanol–water partition coefficient (Wildman–Crippen LogP) is 4.98. The number of carbonyl (C=O) groups is 3. The minimum atomic E-state index is -1.80. The summed E-state index contributed by atoms with van der Waals surface area (Å²) in [4.78, 5) is 39.4. The fraction of sp³-hybridized carbons (Fsp3) is 0.770. The van der Waals surface area contributed by atoms with Gasteiger partial charge in [-0.3, -0.25) is 14.4 Å². The molecule has 0 radical (unpaired) electrons. The molecular weight excluding hydrogens is 1950 g/mol. The Labute approximate surface area is 857 Å². The van der Waals surface area contributed by atoms with Crippen LogP contribution in [0.15, 0.2) is 54.6 Å². The number of carbonyl (C=O) groups excluding carboxylic acids is 3. The van der Waals surface area contributed by atoms with Gasteiger partial charge in [-0.2, -0.15) is 8.78 Å². The highest BCUT2D eigenvalue weighted by molar-refractivity contribution is 5.97. The molecule has 46 heteroatoms. The first kappa shape index (κ1) is 132. The highest BCUT2D eigenvalue weighted by Gasteiger charge is 2.25. The lowest BCUT2D eigenvalue weighted by Gasteiger charge is -2.26. The molecule has 842 valence electrons. The van der Waals surface area contributed by atoms with Crippen LogP contribution in [0.2, 0.25) is 0 Å². The van der Waals surface area contributed by atoms with Gasteiger partial charge in [-0.05, 0) is 23.8 Å². The molecular formula is C100H164F4N2O40. The molecule has 0 saturated carbocycles. The summed E-state index contributed by atoms with van der Waals surface area (Å²) in [6, 6.07) is 15.4. The van der Waals surface area contributed by atoms with Gasteiger partial charge in [-0.15, -0.1) is 0 Å². The summed E-state index contributed by atoms with van der Waals surface area (Å²) >= 11 is 0. The summed E-state index contributed by atoms with van der Waals surface area (Å²) in [5.74, 6) is -3.47. The van der Waals surface area contributed by atoms with E-state index in [1.807, 2.05) is 48.5 Å². The van der Waals surface area contributed by atoms with Crippen LogP contribution in [0.5, 0.6) is 5.75 Å². The SMILES string of the molecule is O=C(CCC(=O)N1Cc2ccccc2C#Cc2ccccc21)NCCOCCOCCOCCOCCOCCOCCOCCOCCOCCOCCOCCOCCOCCOCCOCCOCCOCCOCCOCCOCCOCCOCCOCCOCCOCCOCCOCCOCCOCCOCCOCCOCCOCCOCCOCCOCCC(=O)Oc1c(F)c(F)cc(F)c1F. The molecule has 0 fully saturated rings. The van der Waals surface area contributed by atoms with Crippen LogP contribution in [-0.2, 0) is 191 Å². The average Bonchev–Trinajstić information content (AvgIpc) is 0.802. The van der Waals surface area contributed by atoms with Gasteiger partial charge in [0, 0.05) is 36.6 Å². The summed E-state index contributed by atoms with van der Waals surface area (Å²) in [5.41, 5.74) is 3.37. The lowest BCUT2D eigenvalue weighted by molar-refractivity contribution is -0.136. The smallest absolute Gasteiger partial charge is 0.313 e. The van der Waals surface area contributed by atoms with Crippen molar-refractivity contribution < 1.29 is 207 Å². The third-order valence-electron chi connectivity index (χ3n) is 19.1. The van der Waals surface area contributed by atoms with Crippen LogP contribution in [-0.4, -0.2) is 500 Å². The van der Waals surface area contributed by atoms with Crippen molar-refractivity contribution in [1.82, 2.24) is 5.32 Å². The Morgan fingerprint density at radius 1 is 0.233 bits per heavy atom. The lowest BCUT2D eigenvalue weighted by atomic mass is 10.0. The number of halogens is 4. The largest absolute Gasteiger partial charge is 0.420 e. The maximum Gasteiger partial charge on any atom is 0.313 e. The second-order valence-electron chi connectivity index (χ2n) is 30.3. The van der Waals surface area contributed by atoms with Crippen LogP contribution in [0, 0.1) is 35.1 Å². The van der Waals surface area contributed by atoms with Gasteiger partial charge in [0.05, 0.1) is 494 Å². The highest BCUT2D eigenvalue weighted by Crippen LogP contribution is 2.28. The van der Waals surface area contributed by atoms with Crippen molar-refractivity contribution in [3.63, 3.8) is 0 Å². The number of amides is 2. The van der Waals surface area contributed by atoms with E-state index < -0.39 is 41.4 Å². The molecule has 4 rings (SSSR count). The third kappa shape index (κ3) is 83.5. The van der Waals surface area contributed by atoms with Gasteiger partial charge in [0.25, 0.3) is 0 Å². The highest BCUT2D eigenvalue weighted by atomic mass is 19.2. The van der Waals surface area contributed by atoms with Crippen molar-refractivity contribution in [2.24, 2.45) is 0 Å². The number of esters is 1. The van der Waals surface area contributed by atoms with Crippen LogP contribution >= 0.6 is 0 Å². The zero-order chi connectivity index (χ0) is 104. The van der Waals surface area contributed by atoms with Crippen LogP contribution in [0.3, 0.4) is 0 Å². The number of ether oxygens (including phenoxy) is 37. The molecule has 1 aliphatic heterocycles. The van der Waals surface area contributed by atoms with Gasteiger partial charge in [0.1, 0.15) is 0 Å². The zero-order valence-electron chi connectivity index (χ0n) is 85.4. The molecule has 1 N–H and O–H groups in total. The van der Waals surface area contributed by atoms with E-state index in [2.05, 4.69) is 21.9 Å². The van der Waals surface area contributed by atoms with Crippen molar-refractivity contribution in [3.8, 4) is 17.6 Å². The standard InChI is InChI=1S/C100H164F4N2O40/c101-92-87-93(102)99(104)100(98(92)103)146-97(109)13-15-110-17-19-112-21-23-114-25-27-116-29-31-118-33-35-120-37-39-122-41-43-124-45-47-126-49-51-128-53-55-130-57-59-132-61-63-134-65-67-136-69-71-138-73-75-140-77-79-142-81-83-144-85-86-145-84-82-143-80-78-141-76-74-139-72-70-137-68-66-135-64-62-133-60-58-131-56-54-129-52-50-127-48-46-125-44-42-123-40-38-121-36-34-119-32-30-117-28-26-115-24-22-113-20-18-111-16-14-105-95(107)11-12-96(108)106-88-91-7-2-1-5-89(91)9-10-90-6-3-4-8-94(90)106/h1-8,87H,11-86,88H2,(H,105,107). The Morgan fingerprint density at radius 3 is 0.658 bits per heavy atom. The van der Waals surface area contributed by atoms with E-state index in [9.17, 15) is 31.9 Å². The topological polar surface area (TPSA) is 408 Å². The van der Waals surface area contributed by atoms with Gasteiger partial charge < -0.3 is 185 Å². The monoisotopic (exact) mass is 2110 g/mol. The quantitative estimate of drug-likeness (QED) is 0.0194. The summed E-state index contributed by atoms with van der Waals surface area (Å²) in [5, 5.41) is 2.82. The number of para-hydroxylation sites is 1. The van der Waals surface area contributed by atoms with Gasteiger partial charge in [0.15, 0.2) is 11.6 Å². The summed E-state index contributed by atoms with van der Waals surface area (Å²) in [6.45, 7) is 31.5. The number of fused-ring (bicyclic) bond motifs is 2. The molecule has 2 amide bonds. The molecule has 3 aromatic carbocycles. The van der Waals surface area contributed by atoms with Gasteiger partial charge >= 0.3 is 5.97 Å². The maximum atomic E-state index is 13.6. The molecule has 0 aliphatic carbocycles. The minimum absolute atomic E-state index is 0.0154. The number of hydrogen-bond acceptors (Lipinski definition) is 40. The van der Waals surface area contributed by atoms with Gasteiger partial charge in [0.2, 0.25) is 29.2 Å². The Morgan fingerprint density at radius 2 is 0.425 bits per heavy atom. The Bertz CT molecular complexity index is 3420. The molecule has 0 atom stereocenters. The van der Waals surface area contributed by atoms with Crippen LogP contribution in [0.25, 0.3) is 0 Å². The first-order chi connectivity index (χ1) is 72.2. The molecule has 0 bridgehead atoms. The van der Waals surface area contributed by atoms with Gasteiger partial charge in [-0.1, -0.05) is 42.2 Å². The maximum absolute atomic E-state index is 13.6. The molecule has 1 heterocycles. The molecule has 146 heavy (non-hydrogen) atoms. The van der Waals surface area contributed by atoms with E-state index in [1.54, 1.807) is 4.90 Å². The van der Waals surface area contributed by atoms with E-state index in [1.165, 1.54) is 0 Å². The van der Waals surface area contributed by atoms with Crippen molar-refractivity contribution in [2.75, 3.05) is 487 Å².